The lowest BCUT2D eigenvalue weighted by Gasteiger charge is -2.28. The molecule has 96 valence electrons. The van der Waals surface area contributed by atoms with Crippen LogP contribution in [0.25, 0.3) is 0 Å². The van der Waals surface area contributed by atoms with E-state index >= 15 is 0 Å². The fourth-order valence-electron chi connectivity index (χ4n) is 2.77. The zero-order valence-electron chi connectivity index (χ0n) is 10.9. The maximum atomic E-state index is 5.90. The van der Waals surface area contributed by atoms with Gasteiger partial charge < -0.3 is 0 Å². The molecule has 1 nitrogen and oxygen atoms in total. The quantitative estimate of drug-likeness (QED) is 0.429. The summed E-state index contributed by atoms with van der Waals surface area (Å²) in [5, 5.41) is 0. The molecule has 0 aromatic heterocycles. The minimum Gasteiger partial charge on any atom is -0.299 e. The minimum absolute atomic E-state index is 0.797. The molecule has 0 spiro atoms. The molecule has 2 heteroatoms. The fraction of sp³-hybridized carbons (Fsp3) is 1.00. The molecule has 0 atom stereocenters. The Hall–Kier alpha value is 0.250. The SMILES string of the molecule is CCCCCCCN(CCCl)C1CCCC1. The molecule has 0 aromatic carbocycles. The molecule has 0 aromatic rings. The van der Waals surface area contributed by atoms with Crippen molar-refractivity contribution in [1.29, 1.82) is 0 Å². The van der Waals surface area contributed by atoms with Gasteiger partial charge >= 0.3 is 0 Å². The topological polar surface area (TPSA) is 3.24 Å². The highest BCUT2D eigenvalue weighted by Crippen LogP contribution is 2.23. The Bertz CT molecular complexity index is 155. The van der Waals surface area contributed by atoms with Gasteiger partial charge in [0.1, 0.15) is 0 Å². The second kappa shape index (κ2) is 9.30. The summed E-state index contributed by atoms with van der Waals surface area (Å²) in [6.07, 6.45) is 12.6. The van der Waals surface area contributed by atoms with Crippen LogP contribution in [0.5, 0.6) is 0 Å². The van der Waals surface area contributed by atoms with Gasteiger partial charge in [-0.1, -0.05) is 45.4 Å². The van der Waals surface area contributed by atoms with Crippen LogP contribution < -0.4 is 0 Å². The normalized spacial score (nSPS) is 17.4. The first kappa shape index (κ1) is 14.3. The Kier molecular flexibility index (Phi) is 8.32. The summed E-state index contributed by atoms with van der Waals surface area (Å²) in [4.78, 5) is 2.64. The Labute approximate surface area is 107 Å². The summed E-state index contributed by atoms with van der Waals surface area (Å²) in [5.41, 5.74) is 0. The van der Waals surface area contributed by atoms with E-state index in [-0.39, 0.29) is 0 Å². The number of unbranched alkanes of at least 4 members (excludes halogenated alkanes) is 4. The van der Waals surface area contributed by atoms with Gasteiger partial charge in [0.05, 0.1) is 0 Å². The van der Waals surface area contributed by atoms with Crippen molar-refractivity contribution < 1.29 is 0 Å². The molecule has 1 fully saturated rings. The zero-order chi connectivity index (χ0) is 11.6. The average Bonchev–Trinajstić information content (AvgIpc) is 2.81. The summed E-state index contributed by atoms with van der Waals surface area (Å²) >= 11 is 5.90. The Balaban J connectivity index is 2.12. The lowest BCUT2D eigenvalue weighted by Crippen LogP contribution is -2.35. The first-order valence-corrected chi connectivity index (χ1v) is 7.72. The van der Waals surface area contributed by atoms with Crippen LogP contribution in [0.3, 0.4) is 0 Å². The van der Waals surface area contributed by atoms with Gasteiger partial charge in [-0.3, -0.25) is 4.90 Å². The molecular formula is C14H28ClN. The molecule has 0 saturated heterocycles. The van der Waals surface area contributed by atoms with Crippen molar-refractivity contribution in [3.63, 3.8) is 0 Å². The number of nitrogens with zero attached hydrogens (tertiary/aromatic N) is 1. The third-order valence-corrected chi connectivity index (χ3v) is 3.93. The zero-order valence-corrected chi connectivity index (χ0v) is 11.6. The molecule has 0 heterocycles. The molecule has 0 aliphatic heterocycles. The summed E-state index contributed by atoms with van der Waals surface area (Å²) in [7, 11) is 0. The van der Waals surface area contributed by atoms with Crippen molar-refractivity contribution in [2.75, 3.05) is 19.0 Å². The number of halogens is 1. The largest absolute Gasteiger partial charge is 0.299 e. The first-order chi connectivity index (χ1) is 7.88. The van der Waals surface area contributed by atoms with E-state index in [1.54, 1.807) is 0 Å². The lowest BCUT2D eigenvalue weighted by atomic mass is 10.1. The molecule has 16 heavy (non-hydrogen) atoms. The van der Waals surface area contributed by atoms with E-state index in [1.165, 1.54) is 64.3 Å². The summed E-state index contributed by atoms with van der Waals surface area (Å²) < 4.78 is 0. The maximum absolute atomic E-state index is 5.90. The van der Waals surface area contributed by atoms with Crippen LogP contribution in [-0.2, 0) is 0 Å². The Morgan fingerprint density at radius 1 is 1.00 bits per heavy atom. The van der Waals surface area contributed by atoms with Gasteiger partial charge in [-0.2, -0.15) is 0 Å². The van der Waals surface area contributed by atoms with Crippen LogP contribution in [0.2, 0.25) is 0 Å². The third-order valence-electron chi connectivity index (χ3n) is 3.76. The van der Waals surface area contributed by atoms with Crippen LogP contribution in [0.15, 0.2) is 0 Å². The molecule has 0 radical (unpaired) electrons. The highest BCUT2D eigenvalue weighted by atomic mass is 35.5. The number of alkyl halides is 1. The molecular weight excluding hydrogens is 218 g/mol. The van der Waals surface area contributed by atoms with E-state index in [9.17, 15) is 0 Å². The van der Waals surface area contributed by atoms with Crippen molar-refractivity contribution in [3.8, 4) is 0 Å². The monoisotopic (exact) mass is 245 g/mol. The van der Waals surface area contributed by atoms with E-state index in [4.69, 9.17) is 11.6 Å². The number of hydrogen-bond donors (Lipinski definition) is 0. The second-order valence-corrected chi connectivity index (χ2v) is 5.46. The van der Waals surface area contributed by atoms with Gasteiger partial charge in [0.2, 0.25) is 0 Å². The van der Waals surface area contributed by atoms with Gasteiger partial charge in [0.15, 0.2) is 0 Å². The smallest absolute Gasteiger partial charge is 0.0351 e. The van der Waals surface area contributed by atoms with Crippen LogP contribution in [0.4, 0.5) is 0 Å². The minimum atomic E-state index is 0.797. The van der Waals surface area contributed by atoms with Gasteiger partial charge in [-0.15, -0.1) is 11.6 Å². The Morgan fingerprint density at radius 3 is 2.31 bits per heavy atom. The van der Waals surface area contributed by atoms with Gasteiger partial charge in [-0.25, -0.2) is 0 Å². The first-order valence-electron chi connectivity index (χ1n) is 7.18. The van der Waals surface area contributed by atoms with Crippen LogP contribution >= 0.6 is 11.6 Å². The van der Waals surface area contributed by atoms with E-state index < -0.39 is 0 Å². The van der Waals surface area contributed by atoms with Gasteiger partial charge in [-0.05, 0) is 25.8 Å². The van der Waals surface area contributed by atoms with E-state index in [2.05, 4.69) is 11.8 Å². The number of rotatable bonds is 9. The van der Waals surface area contributed by atoms with Crippen molar-refractivity contribution in [1.82, 2.24) is 4.90 Å². The van der Waals surface area contributed by atoms with Crippen molar-refractivity contribution in [2.24, 2.45) is 0 Å². The second-order valence-electron chi connectivity index (χ2n) is 5.08. The summed E-state index contributed by atoms with van der Waals surface area (Å²) in [5.74, 6) is 0.797. The molecule has 1 aliphatic rings. The standard InChI is InChI=1S/C14H28ClN/c1-2-3-4-5-8-12-16(13-11-15)14-9-6-7-10-14/h14H,2-13H2,1H3. The lowest BCUT2D eigenvalue weighted by molar-refractivity contribution is 0.205. The highest BCUT2D eigenvalue weighted by molar-refractivity contribution is 6.18. The predicted octanol–water partition coefficient (Wildman–Crippen LogP) is 4.44. The van der Waals surface area contributed by atoms with Crippen LogP contribution in [0, 0.1) is 0 Å². The molecule has 0 unspecified atom stereocenters. The fourth-order valence-corrected chi connectivity index (χ4v) is 2.99. The highest BCUT2D eigenvalue weighted by Gasteiger charge is 2.21. The van der Waals surface area contributed by atoms with Crippen LogP contribution in [-0.4, -0.2) is 29.9 Å². The summed E-state index contributed by atoms with van der Waals surface area (Å²) in [6, 6.07) is 0.852. The molecule has 1 saturated carbocycles. The van der Waals surface area contributed by atoms with E-state index in [0.717, 1.165) is 18.5 Å². The van der Waals surface area contributed by atoms with Gasteiger partial charge in [0.25, 0.3) is 0 Å². The van der Waals surface area contributed by atoms with Crippen molar-refractivity contribution in [2.45, 2.75) is 70.8 Å². The molecule has 1 aliphatic carbocycles. The number of hydrogen-bond acceptors (Lipinski definition) is 1. The van der Waals surface area contributed by atoms with E-state index in [1.807, 2.05) is 0 Å². The molecule has 0 N–H and O–H groups in total. The molecule has 0 amide bonds. The van der Waals surface area contributed by atoms with E-state index in [0.29, 0.717) is 0 Å². The average molecular weight is 246 g/mol. The third kappa shape index (κ3) is 5.54. The van der Waals surface area contributed by atoms with Crippen LogP contribution in [0.1, 0.15) is 64.7 Å². The maximum Gasteiger partial charge on any atom is 0.0351 e. The van der Waals surface area contributed by atoms with Crippen molar-refractivity contribution in [3.05, 3.63) is 0 Å². The molecule has 0 bridgehead atoms. The Morgan fingerprint density at radius 2 is 1.69 bits per heavy atom. The van der Waals surface area contributed by atoms with Gasteiger partial charge in [0, 0.05) is 18.5 Å². The molecule has 1 rings (SSSR count). The predicted molar refractivity (Wildman–Crippen MR) is 73.3 cm³/mol. The summed E-state index contributed by atoms with van der Waals surface area (Å²) in [6.45, 7) is 4.65. The van der Waals surface area contributed by atoms with Crippen molar-refractivity contribution >= 4 is 11.6 Å².